The maximum absolute atomic E-state index is 11.7. The molecule has 0 aliphatic heterocycles. The molecule has 4 N–H and O–H groups in total. The predicted octanol–water partition coefficient (Wildman–Crippen LogP) is -0.496. The highest BCUT2D eigenvalue weighted by molar-refractivity contribution is 5.85. The number of carbonyl (C=O) groups excluding carboxylic acids is 1. The van der Waals surface area contributed by atoms with E-state index in [0.29, 0.717) is 12.2 Å². The average molecular weight is 212 g/mol. The molecule has 1 heterocycles. The number of amides is 1. The van der Waals surface area contributed by atoms with E-state index in [1.807, 2.05) is 6.92 Å². The van der Waals surface area contributed by atoms with Crippen molar-refractivity contribution in [1.82, 2.24) is 25.9 Å². The lowest BCUT2D eigenvalue weighted by Gasteiger charge is -2.23. The molecule has 2 unspecified atom stereocenters. The van der Waals surface area contributed by atoms with Gasteiger partial charge in [0.15, 0.2) is 5.82 Å². The van der Waals surface area contributed by atoms with E-state index in [4.69, 9.17) is 5.73 Å². The number of hydrogen-bond donors (Lipinski definition) is 3. The third-order valence-electron chi connectivity index (χ3n) is 2.35. The minimum atomic E-state index is -0.863. The maximum Gasteiger partial charge on any atom is 0.240 e. The topological polar surface area (TPSA) is 110 Å². The van der Waals surface area contributed by atoms with E-state index in [2.05, 4.69) is 25.9 Å². The van der Waals surface area contributed by atoms with E-state index < -0.39 is 5.54 Å². The molecular weight excluding hydrogens is 196 g/mol. The smallest absolute Gasteiger partial charge is 0.240 e. The molecule has 1 aromatic rings. The minimum Gasteiger partial charge on any atom is -0.345 e. The first-order chi connectivity index (χ1) is 6.97. The van der Waals surface area contributed by atoms with Gasteiger partial charge in [-0.05, 0) is 20.3 Å². The van der Waals surface area contributed by atoms with E-state index >= 15 is 0 Å². The van der Waals surface area contributed by atoms with Crippen LogP contribution in [0.1, 0.15) is 39.1 Å². The monoisotopic (exact) mass is 212 g/mol. The van der Waals surface area contributed by atoms with Gasteiger partial charge in [-0.3, -0.25) is 4.79 Å². The molecule has 2 atom stereocenters. The van der Waals surface area contributed by atoms with Gasteiger partial charge in [-0.2, -0.15) is 5.21 Å². The van der Waals surface area contributed by atoms with Crippen molar-refractivity contribution in [2.45, 2.75) is 38.8 Å². The number of hydrogen-bond acceptors (Lipinski definition) is 5. The van der Waals surface area contributed by atoms with Crippen LogP contribution in [0.5, 0.6) is 0 Å². The van der Waals surface area contributed by atoms with Crippen LogP contribution in [0, 0.1) is 0 Å². The number of aromatic nitrogens is 4. The van der Waals surface area contributed by atoms with Gasteiger partial charge in [0.25, 0.3) is 0 Å². The second kappa shape index (κ2) is 4.35. The zero-order valence-electron chi connectivity index (χ0n) is 9.11. The van der Waals surface area contributed by atoms with Crippen molar-refractivity contribution >= 4 is 5.91 Å². The van der Waals surface area contributed by atoms with Crippen molar-refractivity contribution in [3.8, 4) is 0 Å². The van der Waals surface area contributed by atoms with Crippen LogP contribution in [0.2, 0.25) is 0 Å². The number of nitrogens with one attached hydrogen (secondary N) is 2. The van der Waals surface area contributed by atoms with Crippen LogP contribution in [0.25, 0.3) is 0 Å². The minimum absolute atomic E-state index is 0.220. The molecule has 1 rings (SSSR count). The Balaban J connectivity index is 2.60. The zero-order chi connectivity index (χ0) is 11.5. The summed E-state index contributed by atoms with van der Waals surface area (Å²) in [6.07, 6.45) is 0.567. The first-order valence-corrected chi connectivity index (χ1v) is 4.80. The fourth-order valence-corrected chi connectivity index (χ4v) is 0.940. The number of nitrogens with two attached hydrogens (primary N) is 1. The molecule has 0 saturated carbocycles. The number of rotatable bonds is 4. The summed E-state index contributed by atoms with van der Waals surface area (Å²) in [6, 6.07) is -0.300. The summed E-state index contributed by atoms with van der Waals surface area (Å²) in [7, 11) is 0. The number of nitrogens with zero attached hydrogens (tertiary/aromatic N) is 3. The van der Waals surface area contributed by atoms with Crippen molar-refractivity contribution < 1.29 is 4.79 Å². The summed E-state index contributed by atoms with van der Waals surface area (Å²) >= 11 is 0. The number of carbonyl (C=O) groups is 1. The molecule has 0 saturated heterocycles. The Morgan fingerprint density at radius 1 is 1.73 bits per heavy atom. The lowest BCUT2D eigenvalue weighted by Crippen LogP contribution is -2.51. The molecule has 7 heteroatoms. The predicted molar refractivity (Wildman–Crippen MR) is 53.6 cm³/mol. The van der Waals surface area contributed by atoms with Crippen LogP contribution < -0.4 is 11.1 Å². The highest BCUT2D eigenvalue weighted by Gasteiger charge is 2.27. The lowest BCUT2D eigenvalue weighted by molar-refractivity contribution is -0.126. The maximum atomic E-state index is 11.7. The molecular formula is C8H16N6O. The molecule has 1 amide bonds. The van der Waals surface area contributed by atoms with Gasteiger partial charge in [0.1, 0.15) is 0 Å². The molecule has 0 bridgehead atoms. The number of tetrazole rings is 1. The van der Waals surface area contributed by atoms with Gasteiger partial charge in [0.05, 0.1) is 11.6 Å². The standard InChI is InChI=1S/C8H16N6O/c1-4-8(3,9)7(15)10-5(2)6-11-13-14-12-6/h5H,4,9H2,1-3H3,(H,10,15)(H,11,12,13,14). The largest absolute Gasteiger partial charge is 0.345 e. The second-order valence-electron chi connectivity index (χ2n) is 3.74. The van der Waals surface area contributed by atoms with E-state index in [1.54, 1.807) is 13.8 Å². The molecule has 1 aromatic heterocycles. The third kappa shape index (κ3) is 2.72. The van der Waals surface area contributed by atoms with Crippen LogP contribution >= 0.6 is 0 Å². The average Bonchev–Trinajstić information content (AvgIpc) is 2.70. The first kappa shape index (κ1) is 11.6. The second-order valence-corrected chi connectivity index (χ2v) is 3.74. The van der Waals surface area contributed by atoms with E-state index in [0.717, 1.165) is 0 Å². The molecule has 0 radical (unpaired) electrons. The summed E-state index contributed by atoms with van der Waals surface area (Å²) in [5.41, 5.74) is 4.92. The molecule has 0 aliphatic rings. The Morgan fingerprint density at radius 2 is 2.40 bits per heavy atom. The van der Waals surface area contributed by atoms with Crippen molar-refractivity contribution in [3.05, 3.63) is 5.82 Å². The fraction of sp³-hybridized carbons (Fsp3) is 0.750. The van der Waals surface area contributed by atoms with Crippen LogP contribution in [-0.4, -0.2) is 32.1 Å². The van der Waals surface area contributed by atoms with Gasteiger partial charge in [0.2, 0.25) is 5.91 Å². The van der Waals surface area contributed by atoms with Crippen LogP contribution in [0.15, 0.2) is 0 Å². The van der Waals surface area contributed by atoms with Gasteiger partial charge in [-0.15, -0.1) is 10.2 Å². The van der Waals surface area contributed by atoms with E-state index in [9.17, 15) is 4.79 Å². The summed E-state index contributed by atoms with van der Waals surface area (Å²) in [6.45, 7) is 5.32. The van der Waals surface area contributed by atoms with Crippen LogP contribution in [-0.2, 0) is 4.79 Å². The Kier molecular flexibility index (Phi) is 3.35. The first-order valence-electron chi connectivity index (χ1n) is 4.80. The lowest BCUT2D eigenvalue weighted by atomic mass is 9.99. The summed E-state index contributed by atoms with van der Waals surface area (Å²) in [5, 5.41) is 16.0. The Hall–Kier alpha value is -1.50. The molecule has 7 nitrogen and oxygen atoms in total. The summed E-state index contributed by atoms with van der Waals surface area (Å²) in [5.74, 6) is 0.220. The zero-order valence-corrected chi connectivity index (χ0v) is 9.11. The molecule has 0 fully saturated rings. The Labute approximate surface area is 87.8 Å². The van der Waals surface area contributed by atoms with E-state index in [1.165, 1.54) is 0 Å². The van der Waals surface area contributed by atoms with Crippen molar-refractivity contribution in [1.29, 1.82) is 0 Å². The Morgan fingerprint density at radius 3 is 2.87 bits per heavy atom. The van der Waals surface area contributed by atoms with Gasteiger partial charge in [-0.1, -0.05) is 12.1 Å². The van der Waals surface area contributed by atoms with Crippen molar-refractivity contribution in [2.75, 3.05) is 0 Å². The van der Waals surface area contributed by atoms with Crippen LogP contribution in [0.4, 0.5) is 0 Å². The summed E-state index contributed by atoms with van der Waals surface area (Å²) < 4.78 is 0. The molecule has 0 aliphatic carbocycles. The van der Waals surface area contributed by atoms with Crippen LogP contribution in [0.3, 0.4) is 0 Å². The molecule has 0 spiro atoms. The van der Waals surface area contributed by atoms with Gasteiger partial charge in [-0.25, -0.2) is 0 Å². The normalized spacial score (nSPS) is 16.8. The van der Waals surface area contributed by atoms with Gasteiger partial charge >= 0.3 is 0 Å². The fourth-order valence-electron chi connectivity index (χ4n) is 0.940. The SMILES string of the molecule is CCC(C)(N)C(=O)NC(C)c1nn[nH]n1. The quantitative estimate of drug-likeness (QED) is 0.623. The molecule has 0 aromatic carbocycles. The Bertz CT molecular complexity index is 320. The van der Waals surface area contributed by atoms with Crippen molar-refractivity contribution in [3.63, 3.8) is 0 Å². The summed E-state index contributed by atoms with van der Waals surface area (Å²) in [4.78, 5) is 11.7. The highest BCUT2D eigenvalue weighted by Crippen LogP contribution is 2.09. The van der Waals surface area contributed by atoms with Crippen molar-refractivity contribution in [2.24, 2.45) is 5.73 Å². The molecule has 84 valence electrons. The number of H-pyrrole nitrogens is 1. The molecule has 15 heavy (non-hydrogen) atoms. The third-order valence-corrected chi connectivity index (χ3v) is 2.35. The van der Waals surface area contributed by atoms with E-state index in [-0.39, 0.29) is 11.9 Å². The highest BCUT2D eigenvalue weighted by atomic mass is 16.2. The van der Waals surface area contributed by atoms with Gasteiger partial charge < -0.3 is 11.1 Å². The van der Waals surface area contributed by atoms with Gasteiger partial charge in [0, 0.05) is 0 Å². The number of aromatic amines is 1.